The molecule has 1 aromatic heterocycles. The van der Waals surface area contributed by atoms with E-state index < -0.39 is 0 Å². The third kappa shape index (κ3) is 3.37. The molecule has 0 aliphatic carbocycles. The maximum Gasteiger partial charge on any atom is 0.128 e. The molecule has 0 aliphatic rings. The molecule has 0 amide bonds. The smallest absolute Gasteiger partial charge is 0.128 e. The molecule has 0 bridgehead atoms. The summed E-state index contributed by atoms with van der Waals surface area (Å²) in [7, 11) is 0. The largest absolute Gasteiger partial charge is 0.457 e. The van der Waals surface area contributed by atoms with Crippen molar-refractivity contribution in [2.24, 2.45) is 0 Å². The van der Waals surface area contributed by atoms with E-state index >= 15 is 0 Å². The standard InChI is InChI=1S/C19H21N3O/c1-19(2,3)22-13-17(20)18(21-22)14-8-7-11-16(12-14)23-15-9-5-4-6-10-15/h4-13H,20H2,1-3H3. The van der Waals surface area contributed by atoms with Crippen LogP contribution >= 0.6 is 0 Å². The van der Waals surface area contributed by atoms with E-state index in [1.165, 1.54) is 0 Å². The van der Waals surface area contributed by atoms with Crippen LogP contribution in [0.15, 0.2) is 60.8 Å². The number of benzene rings is 2. The summed E-state index contributed by atoms with van der Waals surface area (Å²) in [6.07, 6.45) is 1.88. The number of nitrogens with two attached hydrogens (primary N) is 1. The minimum Gasteiger partial charge on any atom is -0.457 e. The van der Waals surface area contributed by atoms with Crippen molar-refractivity contribution >= 4 is 5.69 Å². The van der Waals surface area contributed by atoms with Crippen molar-refractivity contribution in [1.29, 1.82) is 0 Å². The van der Waals surface area contributed by atoms with Crippen LogP contribution in [0.2, 0.25) is 0 Å². The molecule has 4 heteroatoms. The molecule has 23 heavy (non-hydrogen) atoms. The van der Waals surface area contributed by atoms with Crippen molar-refractivity contribution in [3.8, 4) is 22.8 Å². The van der Waals surface area contributed by atoms with Gasteiger partial charge in [0.05, 0.1) is 11.2 Å². The van der Waals surface area contributed by atoms with Crippen molar-refractivity contribution < 1.29 is 4.74 Å². The number of hydrogen-bond acceptors (Lipinski definition) is 3. The Balaban J connectivity index is 1.93. The second kappa shape index (κ2) is 5.80. The zero-order chi connectivity index (χ0) is 16.4. The van der Waals surface area contributed by atoms with Gasteiger partial charge < -0.3 is 10.5 Å². The molecular weight excluding hydrogens is 286 g/mol. The molecule has 0 spiro atoms. The summed E-state index contributed by atoms with van der Waals surface area (Å²) in [5.74, 6) is 1.57. The van der Waals surface area contributed by atoms with Gasteiger partial charge in [-0.25, -0.2) is 0 Å². The molecule has 0 radical (unpaired) electrons. The fourth-order valence-electron chi connectivity index (χ4n) is 2.29. The molecular formula is C19H21N3O. The second-order valence-corrected chi connectivity index (χ2v) is 6.49. The third-order valence-corrected chi connectivity index (χ3v) is 3.52. The quantitative estimate of drug-likeness (QED) is 0.764. The number of para-hydroxylation sites is 1. The summed E-state index contributed by atoms with van der Waals surface area (Å²) in [6.45, 7) is 6.29. The maximum atomic E-state index is 6.15. The lowest BCUT2D eigenvalue weighted by Gasteiger charge is -2.18. The van der Waals surface area contributed by atoms with E-state index in [-0.39, 0.29) is 5.54 Å². The van der Waals surface area contributed by atoms with Gasteiger partial charge in [-0.2, -0.15) is 5.10 Å². The highest BCUT2D eigenvalue weighted by Crippen LogP contribution is 2.30. The Morgan fingerprint density at radius 3 is 2.30 bits per heavy atom. The topological polar surface area (TPSA) is 53.1 Å². The van der Waals surface area contributed by atoms with E-state index in [0.717, 1.165) is 22.8 Å². The molecule has 118 valence electrons. The third-order valence-electron chi connectivity index (χ3n) is 3.52. The average molecular weight is 307 g/mol. The van der Waals surface area contributed by atoms with Gasteiger partial charge in [-0.3, -0.25) is 4.68 Å². The number of hydrogen-bond donors (Lipinski definition) is 1. The van der Waals surface area contributed by atoms with Crippen LogP contribution in [0.1, 0.15) is 20.8 Å². The highest BCUT2D eigenvalue weighted by atomic mass is 16.5. The Morgan fingerprint density at radius 2 is 1.65 bits per heavy atom. The van der Waals surface area contributed by atoms with E-state index in [4.69, 9.17) is 10.5 Å². The number of aromatic nitrogens is 2. The lowest BCUT2D eigenvalue weighted by Crippen LogP contribution is -2.22. The SMILES string of the molecule is CC(C)(C)n1cc(N)c(-c2cccc(Oc3ccccc3)c2)n1. The molecule has 2 aromatic carbocycles. The zero-order valence-corrected chi connectivity index (χ0v) is 13.7. The molecule has 3 rings (SSSR count). The van der Waals surface area contributed by atoms with Gasteiger partial charge in [0.2, 0.25) is 0 Å². The van der Waals surface area contributed by atoms with Gasteiger partial charge in [0.25, 0.3) is 0 Å². The van der Waals surface area contributed by atoms with Gasteiger partial charge in [-0.15, -0.1) is 0 Å². The molecule has 3 aromatic rings. The molecule has 2 N–H and O–H groups in total. The van der Waals surface area contributed by atoms with Crippen molar-refractivity contribution in [3.63, 3.8) is 0 Å². The molecule has 0 unspecified atom stereocenters. The van der Waals surface area contributed by atoms with Crippen LogP contribution in [-0.2, 0) is 5.54 Å². The van der Waals surface area contributed by atoms with Crippen LogP contribution in [0, 0.1) is 0 Å². The van der Waals surface area contributed by atoms with E-state index in [0.29, 0.717) is 5.69 Å². The fraction of sp³-hybridized carbons (Fsp3) is 0.211. The summed E-state index contributed by atoms with van der Waals surface area (Å²) >= 11 is 0. The van der Waals surface area contributed by atoms with E-state index in [1.54, 1.807) is 0 Å². The molecule has 0 atom stereocenters. The minimum atomic E-state index is -0.107. The fourth-order valence-corrected chi connectivity index (χ4v) is 2.29. The van der Waals surface area contributed by atoms with Crippen molar-refractivity contribution in [2.75, 3.05) is 5.73 Å². The lowest BCUT2D eigenvalue weighted by atomic mass is 10.1. The Kier molecular flexibility index (Phi) is 3.82. The van der Waals surface area contributed by atoms with Crippen LogP contribution in [0.25, 0.3) is 11.3 Å². The molecule has 0 saturated heterocycles. The zero-order valence-electron chi connectivity index (χ0n) is 13.7. The Hall–Kier alpha value is -2.75. The molecule has 0 aliphatic heterocycles. The number of nitrogen functional groups attached to an aromatic ring is 1. The molecule has 0 saturated carbocycles. The van der Waals surface area contributed by atoms with Crippen molar-refractivity contribution in [3.05, 3.63) is 60.8 Å². The number of rotatable bonds is 3. The summed E-state index contributed by atoms with van der Waals surface area (Å²) in [5.41, 5.74) is 8.43. The predicted octanol–water partition coefficient (Wildman–Crippen LogP) is 4.68. The van der Waals surface area contributed by atoms with Crippen LogP contribution in [0.3, 0.4) is 0 Å². The molecule has 4 nitrogen and oxygen atoms in total. The van der Waals surface area contributed by atoms with Crippen LogP contribution in [-0.4, -0.2) is 9.78 Å². The number of nitrogens with zero attached hydrogens (tertiary/aromatic N) is 2. The number of anilines is 1. The Labute approximate surface area is 136 Å². The van der Waals surface area contributed by atoms with Crippen LogP contribution < -0.4 is 10.5 Å². The van der Waals surface area contributed by atoms with Gasteiger partial charge in [0.15, 0.2) is 0 Å². The predicted molar refractivity (Wildman–Crippen MR) is 93.6 cm³/mol. The molecule has 0 fully saturated rings. The highest BCUT2D eigenvalue weighted by molar-refractivity contribution is 5.73. The maximum absolute atomic E-state index is 6.15. The first-order valence-electron chi connectivity index (χ1n) is 7.62. The van der Waals surface area contributed by atoms with E-state index in [1.807, 2.05) is 65.5 Å². The van der Waals surface area contributed by atoms with Gasteiger partial charge in [-0.1, -0.05) is 30.3 Å². The molecule has 1 heterocycles. The van der Waals surface area contributed by atoms with Gasteiger partial charge in [0.1, 0.15) is 17.2 Å². The average Bonchev–Trinajstić information content (AvgIpc) is 2.91. The lowest BCUT2D eigenvalue weighted by molar-refractivity contribution is 0.356. The first-order chi connectivity index (χ1) is 10.9. The summed E-state index contributed by atoms with van der Waals surface area (Å²) in [4.78, 5) is 0. The van der Waals surface area contributed by atoms with E-state index in [2.05, 4.69) is 25.9 Å². The summed E-state index contributed by atoms with van der Waals surface area (Å²) in [6, 6.07) is 17.5. The van der Waals surface area contributed by atoms with Crippen LogP contribution in [0.4, 0.5) is 5.69 Å². The monoisotopic (exact) mass is 307 g/mol. The van der Waals surface area contributed by atoms with Crippen LogP contribution in [0.5, 0.6) is 11.5 Å². The van der Waals surface area contributed by atoms with Gasteiger partial charge in [-0.05, 0) is 45.0 Å². The van der Waals surface area contributed by atoms with Crippen molar-refractivity contribution in [2.45, 2.75) is 26.3 Å². The highest BCUT2D eigenvalue weighted by Gasteiger charge is 2.17. The summed E-state index contributed by atoms with van der Waals surface area (Å²) < 4.78 is 7.77. The minimum absolute atomic E-state index is 0.107. The number of ether oxygens (including phenoxy) is 1. The van der Waals surface area contributed by atoms with E-state index in [9.17, 15) is 0 Å². The Morgan fingerprint density at radius 1 is 0.957 bits per heavy atom. The first-order valence-corrected chi connectivity index (χ1v) is 7.62. The summed E-state index contributed by atoms with van der Waals surface area (Å²) in [5, 5.41) is 4.64. The second-order valence-electron chi connectivity index (χ2n) is 6.49. The normalized spacial score (nSPS) is 11.4. The van der Waals surface area contributed by atoms with Gasteiger partial charge in [0, 0.05) is 11.8 Å². The first kappa shape index (κ1) is 15.2. The Bertz CT molecular complexity index is 801. The van der Waals surface area contributed by atoms with Gasteiger partial charge >= 0.3 is 0 Å². The van der Waals surface area contributed by atoms with Crippen molar-refractivity contribution in [1.82, 2.24) is 9.78 Å².